The summed E-state index contributed by atoms with van der Waals surface area (Å²) in [5.41, 5.74) is 7.34. The van der Waals surface area contributed by atoms with Crippen molar-refractivity contribution < 1.29 is 9.53 Å². The molecule has 0 saturated heterocycles. The number of rotatable bonds is 3. The highest BCUT2D eigenvalue weighted by molar-refractivity contribution is 5.89. The summed E-state index contributed by atoms with van der Waals surface area (Å²) in [5.74, 6) is -0.383. The summed E-state index contributed by atoms with van der Waals surface area (Å²) in [6, 6.07) is 6.93. The summed E-state index contributed by atoms with van der Waals surface area (Å²) in [6.07, 6.45) is 1.72. The number of hydrogen-bond donors (Lipinski definition) is 1. The van der Waals surface area contributed by atoms with Crippen molar-refractivity contribution in [2.45, 2.75) is 6.54 Å². The second-order valence-electron chi connectivity index (χ2n) is 3.40. The predicted octanol–water partition coefficient (Wildman–Crippen LogP) is 0.513. The Morgan fingerprint density at radius 2 is 2.35 bits per heavy atom. The van der Waals surface area contributed by atoms with Crippen LogP contribution in [0.1, 0.15) is 16.1 Å². The molecule has 2 N–H and O–H groups in total. The maximum Gasteiger partial charge on any atom is 0.337 e. The van der Waals surface area contributed by atoms with Crippen LogP contribution in [-0.2, 0) is 11.3 Å². The van der Waals surface area contributed by atoms with Crippen LogP contribution in [0.4, 0.5) is 0 Å². The Kier molecular flexibility index (Phi) is 3.15. The van der Waals surface area contributed by atoms with E-state index in [1.54, 1.807) is 29.1 Å². The normalized spacial score (nSPS) is 10.2. The third kappa shape index (κ3) is 2.31. The van der Waals surface area contributed by atoms with Crippen molar-refractivity contribution >= 4 is 5.97 Å². The summed E-state index contributed by atoms with van der Waals surface area (Å²) in [5, 5.41) is 7.80. The highest BCUT2D eigenvalue weighted by Gasteiger charge is 2.07. The van der Waals surface area contributed by atoms with E-state index in [1.807, 2.05) is 6.07 Å². The third-order valence-electron chi connectivity index (χ3n) is 2.28. The van der Waals surface area contributed by atoms with E-state index in [0.29, 0.717) is 17.8 Å². The lowest BCUT2D eigenvalue weighted by Gasteiger charge is -2.02. The van der Waals surface area contributed by atoms with Gasteiger partial charge in [0.1, 0.15) is 0 Å². The second kappa shape index (κ2) is 4.75. The minimum Gasteiger partial charge on any atom is -0.465 e. The lowest BCUT2D eigenvalue weighted by molar-refractivity contribution is 0.0600. The number of carbonyl (C=O) groups is 1. The molecule has 0 aliphatic heterocycles. The Morgan fingerprint density at radius 1 is 1.53 bits per heavy atom. The standard InChI is InChI=1S/C11H12N4O2/c1-17-11(16)8-3-2-4-10(5-8)15-7-9(6-12)13-14-15/h2-5,7H,6,12H2,1H3. The van der Waals surface area contributed by atoms with Gasteiger partial charge >= 0.3 is 5.97 Å². The monoisotopic (exact) mass is 232 g/mol. The quantitative estimate of drug-likeness (QED) is 0.780. The van der Waals surface area contributed by atoms with Gasteiger partial charge in [-0.25, -0.2) is 9.48 Å². The van der Waals surface area contributed by atoms with Gasteiger partial charge in [-0.15, -0.1) is 5.10 Å². The Bertz CT molecular complexity index is 536. The third-order valence-corrected chi connectivity index (χ3v) is 2.28. The summed E-state index contributed by atoms with van der Waals surface area (Å²) in [7, 11) is 1.34. The van der Waals surface area contributed by atoms with E-state index in [2.05, 4.69) is 15.0 Å². The SMILES string of the molecule is COC(=O)c1cccc(-n2cc(CN)nn2)c1. The van der Waals surface area contributed by atoms with Gasteiger partial charge in [-0.1, -0.05) is 11.3 Å². The molecule has 0 spiro atoms. The number of carbonyl (C=O) groups excluding carboxylic acids is 1. The lowest BCUT2D eigenvalue weighted by Crippen LogP contribution is -2.03. The van der Waals surface area contributed by atoms with Crippen LogP contribution in [0, 0.1) is 0 Å². The van der Waals surface area contributed by atoms with Crippen LogP contribution < -0.4 is 5.73 Å². The Morgan fingerprint density at radius 3 is 3.00 bits per heavy atom. The predicted molar refractivity (Wildman–Crippen MR) is 60.6 cm³/mol. The van der Waals surface area contributed by atoms with Gasteiger partial charge in [0.25, 0.3) is 0 Å². The van der Waals surface area contributed by atoms with Crippen LogP contribution in [0.2, 0.25) is 0 Å². The van der Waals surface area contributed by atoms with Crippen LogP contribution in [0.25, 0.3) is 5.69 Å². The molecule has 1 heterocycles. The molecule has 1 aromatic heterocycles. The maximum absolute atomic E-state index is 11.4. The number of methoxy groups -OCH3 is 1. The molecule has 1 aromatic carbocycles. The number of benzene rings is 1. The van der Waals surface area contributed by atoms with E-state index in [0.717, 1.165) is 5.69 Å². The number of hydrogen-bond acceptors (Lipinski definition) is 5. The van der Waals surface area contributed by atoms with Gasteiger partial charge in [0, 0.05) is 6.54 Å². The van der Waals surface area contributed by atoms with Crippen molar-refractivity contribution in [3.63, 3.8) is 0 Å². The van der Waals surface area contributed by atoms with E-state index >= 15 is 0 Å². The summed E-state index contributed by atoms with van der Waals surface area (Å²) in [4.78, 5) is 11.4. The molecule has 2 aromatic rings. The van der Waals surface area contributed by atoms with Crippen LogP contribution in [0.3, 0.4) is 0 Å². The van der Waals surface area contributed by atoms with E-state index in [9.17, 15) is 4.79 Å². The van der Waals surface area contributed by atoms with Crippen molar-refractivity contribution in [3.05, 3.63) is 41.7 Å². The van der Waals surface area contributed by atoms with E-state index in [4.69, 9.17) is 5.73 Å². The number of ether oxygens (including phenoxy) is 1. The minimum atomic E-state index is -0.383. The molecule has 0 unspecified atom stereocenters. The van der Waals surface area contributed by atoms with Gasteiger partial charge in [0.05, 0.1) is 30.3 Å². The molecule has 0 aliphatic carbocycles. The number of esters is 1. The average Bonchev–Trinajstić information content (AvgIpc) is 2.86. The van der Waals surface area contributed by atoms with E-state index in [-0.39, 0.29) is 5.97 Å². The molecule has 0 aliphatic rings. The van der Waals surface area contributed by atoms with Crippen LogP contribution in [-0.4, -0.2) is 28.1 Å². The van der Waals surface area contributed by atoms with Crippen LogP contribution >= 0.6 is 0 Å². The first-order valence-corrected chi connectivity index (χ1v) is 5.04. The van der Waals surface area contributed by atoms with Gasteiger partial charge in [-0.2, -0.15) is 0 Å². The summed E-state index contributed by atoms with van der Waals surface area (Å²) >= 11 is 0. The largest absolute Gasteiger partial charge is 0.465 e. The molecule has 0 bridgehead atoms. The first-order valence-electron chi connectivity index (χ1n) is 5.04. The molecule has 0 radical (unpaired) electrons. The molecular formula is C11H12N4O2. The summed E-state index contributed by atoms with van der Waals surface area (Å²) < 4.78 is 6.21. The second-order valence-corrected chi connectivity index (χ2v) is 3.40. The zero-order valence-electron chi connectivity index (χ0n) is 9.33. The molecule has 88 valence electrons. The smallest absolute Gasteiger partial charge is 0.337 e. The molecule has 0 fully saturated rings. The number of aromatic nitrogens is 3. The van der Waals surface area contributed by atoms with E-state index < -0.39 is 0 Å². The molecule has 0 amide bonds. The molecule has 6 heteroatoms. The highest BCUT2D eigenvalue weighted by atomic mass is 16.5. The lowest BCUT2D eigenvalue weighted by atomic mass is 10.2. The van der Waals surface area contributed by atoms with Crippen molar-refractivity contribution in [2.24, 2.45) is 5.73 Å². The van der Waals surface area contributed by atoms with Gasteiger partial charge in [-0.05, 0) is 18.2 Å². The summed E-state index contributed by atoms with van der Waals surface area (Å²) in [6.45, 7) is 0.330. The van der Waals surface area contributed by atoms with Crippen molar-refractivity contribution in [1.82, 2.24) is 15.0 Å². The Balaban J connectivity index is 2.35. The van der Waals surface area contributed by atoms with Gasteiger partial charge in [-0.3, -0.25) is 0 Å². The molecule has 0 saturated carbocycles. The Hall–Kier alpha value is -2.21. The topological polar surface area (TPSA) is 83.0 Å². The fraction of sp³-hybridized carbons (Fsp3) is 0.182. The van der Waals surface area contributed by atoms with Gasteiger partial charge < -0.3 is 10.5 Å². The first kappa shape index (κ1) is 11.3. The van der Waals surface area contributed by atoms with Gasteiger partial charge in [0.15, 0.2) is 0 Å². The molecule has 6 nitrogen and oxygen atoms in total. The van der Waals surface area contributed by atoms with Crippen molar-refractivity contribution in [2.75, 3.05) is 7.11 Å². The zero-order chi connectivity index (χ0) is 12.3. The highest BCUT2D eigenvalue weighted by Crippen LogP contribution is 2.10. The maximum atomic E-state index is 11.4. The average molecular weight is 232 g/mol. The van der Waals surface area contributed by atoms with Crippen LogP contribution in [0.15, 0.2) is 30.5 Å². The Labute approximate surface area is 98.0 Å². The zero-order valence-corrected chi connectivity index (χ0v) is 9.33. The number of nitrogens with zero attached hydrogens (tertiary/aromatic N) is 3. The first-order chi connectivity index (χ1) is 8.24. The van der Waals surface area contributed by atoms with Crippen molar-refractivity contribution in [3.8, 4) is 5.69 Å². The van der Waals surface area contributed by atoms with Gasteiger partial charge in [0.2, 0.25) is 0 Å². The molecule has 2 rings (SSSR count). The fourth-order valence-electron chi connectivity index (χ4n) is 1.41. The minimum absolute atomic E-state index is 0.330. The van der Waals surface area contributed by atoms with Crippen LogP contribution in [0.5, 0.6) is 0 Å². The molecule has 17 heavy (non-hydrogen) atoms. The molecule has 0 atom stereocenters. The molecular weight excluding hydrogens is 220 g/mol. The number of nitrogens with two attached hydrogens (primary N) is 1. The van der Waals surface area contributed by atoms with E-state index in [1.165, 1.54) is 7.11 Å². The van der Waals surface area contributed by atoms with Crippen molar-refractivity contribution in [1.29, 1.82) is 0 Å². The fourth-order valence-corrected chi connectivity index (χ4v) is 1.41.